The molecule has 10 heteroatoms. The molecule has 0 aliphatic heterocycles. The number of nitrogens with one attached hydrogen (secondary N) is 1. The Labute approximate surface area is 165 Å². The zero-order chi connectivity index (χ0) is 20.3. The fourth-order valence-corrected chi connectivity index (χ4v) is 3.21. The Morgan fingerprint density at radius 1 is 1.39 bits per heavy atom. The second-order valence-electron chi connectivity index (χ2n) is 6.28. The number of carbonyl (C=O) groups excluding carboxylic acids is 2. The molecular formula is C18H21N5O4S. The topological polar surface area (TPSA) is 112 Å². The van der Waals surface area contributed by atoms with Gasteiger partial charge in [0, 0.05) is 13.5 Å². The van der Waals surface area contributed by atoms with E-state index >= 15 is 0 Å². The SMILES string of the molecule is Cc1nn(C)c(C)c1NC(=O)[C@H](C)OC(=O)CCc1nc(-c2cccs2)no1. The molecule has 0 spiro atoms. The zero-order valence-electron chi connectivity index (χ0n) is 16.1. The third kappa shape index (κ3) is 4.45. The first-order chi connectivity index (χ1) is 13.3. The van der Waals surface area contributed by atoms with Crippen LogP contribution in [0.1, 0.15) is 30.6 Å². The summed E-state index contributed by atoms with van der Waals surface area (Å²) in [6.07, 6.45) is -0.656. The van der Waals surface area contributed by atoms with E-state index in [1.165, 1.54) is 18.3 Å². The number of aryl methyl sites for hydroxylation is 3. The van der Waals surface area contributed by atoms with Gasteiger partial charge in [-0.05, 0) is 32.2 Å². The average molecular weight is 403 g/mol. The molecule has 0 aliphatic carbocycles. The molecule has 28 heavy (non-hydrogen) atoms. The Bertz CT molecular complexity index is 976. The lowest BCUT2D eigenvalue weighted by Crippen LogP contribution is -2.30. The van der Waals surface area contributed by atoms with Crippen molar-refractivity contribution in [3.05, 3.63) is 34.8 Å². The molecule has 9 nitrogen and oxygen atoms in total. The van der Waals surface area contributed by atoms with Gasteiger partial charge in [0.15, 0.2) is 6.10 Å². The van der Waals surface area contributed by atoms with Gasteiger partial charge in [0.2, 0.25) is 11.7 Å². The van der Waals surface area contributed by atoms with E-state index in [0.717, 1.165) is 10.6 Å². The number of thiophene rings is 1. The molecule has 148 valence electrons. The maximum absolute atomic E-state index is 12.3. The van der Waals surface area contributed by atoms with Gasteiger partial charge in [-0.25, -0.2) is 0 Å². The van der Waals surface area contributed by atoms with E-state index in [9.17, 15) is 9.59 Å². The van der Waals surface area contributed by atoms with E-state index in [2.05, 4.69) is 20.6 Å². The van der Waals surface area contributed by atoms with Gasteiger partial charge in [-0.1, -0.05) is 11.2 Å². The van der Waals surface area contributed by atoms with Crippen LogP contribution in [0.25, 0.3) is 10.7 Å². The molecule has 0 saturated carbocycles. The minimum Gasteiger partial charge on any atom is -0.453 e. The van der Waals surface area contributed by atoms with Gasteiger partial charge in [-0.3, -0.25) is 14.3 Å². The zero-order valence-corrected chi connectivity index (χ0v) is 16.9. The van der Waals surface area contributed by atoms with Crippen LogP contribution in [0.4, 0.5) is 5.69 Å². The second kappa shape index (κ2) is 8.34. The van der Waals surface area contributed by atoms with Gasteiger partial charge in [-0.2, -0.15) is 10.1 Å². The predicted octanol–water partition coefficient (Wildman–Crippen LogP) is 2.65. The maximum atomic E-state index is 12.3. The van der Waals surface area contributed by atoms with Gasteiger partial charge in [0.25, 0.3) is 5.91 Å². The first-order valence-corrected chi connectivity index (χ1v) is 9.60. The smallest absolute Gasteiger partial charge is 0.307 e. The van der Waals surface area contributed by atoms with Crippen LogP contribution >= 0.6 is 11.3 Å². The summed E-state index contributed by atoms with van der Waals surface area (Å²) in [6.45, 7) is 5.17. The van der Waals surface area contributed by atoms with Crippen molar-refractivity contribution in [3.63, 3.8) is 0 Å². The van der Waals surface area contributed by atoms with E-state index in [-0.39, 0.29) is 12.8 Å². The molecular weight excluding hydrogens is 382 g/mol. The van der Waals surface area contributed by atoms with Crippen molar-refractivity contribution >= 4 is 28.9 Å². The lowest BCUT2D eigenvalue weighted by molar-refractivity contribution is -0.153. The van der Waals surface area contributed by atoms with Crippen molar-refractivity contribution in [2.45, 2.75) is 39.7 Å². The van der Waals surface area contributed by atoms with E-state index < -0.39 is 18.0 Å². The molecule has 0 aliphatic rings. The third-order valence-corrected chi connectivity index (χ3v) is 5.05. The molecule has 0 bridgehead atoms. The summed E-state index contributed by atoms with van der Waals surface area (Å²) in [4.78, 5) is 29.5. The van der Waals surface area contributed by atoms with Gasteiger partial charge >= 0.3 is 5.97 Å². The Kier molecular flexibility index (Phi) is 5.88. The van der Waals surface area contributed by atoms with Crippen molar-refractivity contribution in [1.82, 2.24) is 19.9 Å². The van der Waals surface area contributed by atoms with Crippen molar-refractivity contribution < 1.29 is 18.8 Å². The molecule has 3 aromatic heterocycles. The van der Waals surface area contributed by atoms with Gasteiger partial charge < -0.3 is 14.6 Å². The molecule has 1 atom stereocenters. The summed E-state index contributed by atoms with van der Waals surface area (Å²) in [5.41, 5.74) is 2.15. The number of aromatic nitrogens is 4. The first-order valence-electron chi connectivity index (χ1n) is 8.72. The van der Waals surface area contributed by atoms with Crippen LogP contribution in [-0.4, -0.2) is 37.9 Å². The number of carbonyl (C=O) groups is 2. The molecule has 0 radical (unpaired) electrons. The number of hydrogen-bond acceptors (Lipinski definition) is 8. The second-order valence-corrected chi connectivity index (χ2v) is 7.23. The Morgan fingerprint density at radius 2 is 2.18 bits per heavy atom. The summed E-state index contributed by atoms with van der Waals surface area (Å²) >= 11 is 1.50. The minimum absolute atomic E-state index is 0.0364. The van der Waals surface area contributed by atoms with Crippen LogP contribution < -0.4 is 5.32 Å². The highest BCUT2D eigenvalue weighted by Crippen LogP contribution is 2.22. The molecule has 3 heterocycles. The number of nitrogens with zero attached hydrogens (tertiary/aromatic N) is 4. The first kappa shape index (κ1) is 19.7. The number of hydrogen-bond donors (Lipinski definition) is 1. The maximum Gasteiger partial charge on any atom is 0.307 e. The van der Waals surface area contributed by atoms with Crippen LogP contribution in [0.2, 0.25) is 0 Å². The highest BCUT2D eigenvalue weighted by molar-refractivity contribution is 7.13. The van der Waals surface area contributed by atoms with Crippen LogP contribution in [0.3, 0.4) is 0 Å². The average Bonchev–Trinajstić information content (AvgIpc) is 3.38. The summed E-state index contributed by atoms with van der Waals surface area (Å²) in [5, 5.41) is 12.8. The largest absolute Gasteiger partial charge is 0.453 e. The summed E-state index contributed by atoms with van der Waals surface area (Å²) in [6, 6.07) is 3.79. The molecule has 0 unspecified atom stereocenters. The Morgan fingerprint density at radius 3 is 2.82 bits per heavy atom. The lowest BCUT2D eigenvalue weighted by atomic mass is 10.2. The summed E-state index contributed by atoms with van der Waals surface area (Å²) < 4.78 is 12.0. The molecule has 0 aromatic carbocycles. The normalized spacial score (nSPS) is 12.0. The number of esters is 1. The lowest BCUT2D eigenvalue weighted by Gasteiger charge is -2.13. The predicted molar refractivity (Wildman–Crippen MR) is 103 cm³/mol. The van der Waals surface area contributed by atoms with Crippen molar-refractivity contribution in [2.75, 3.05) is 5.32 Å². The number of ether oxygens (including phenoxy) is 1. The molecule has 0 fully saturated rings. The highest BCUT2D eigenvalue weighted by atomic mass is 32.1. The monoisotopic (exact) mass is 403 g/mol. The van der Waals surface area contributed by atoms with Crippen LogP contribution in [0.5, 0.6) is 0 Å². The van der Waals surface area contributed by atoms with E-state index in [1.807, 2.05) is 24.4 Å². The van der Waals surface area contributed by atoms with Crippen LogP contribution in [0, 0.1) is 13.8 Å². The standard InChI is InChI=1S/C18H21N5O4S/c1-10-16(11(2)23(4)21-10)20-18(25)12(3)26-15(24)8-7-14-19-17(22-27-14)13-6-5-9-28-13/h5-6,9,12H,7-8H2,1-4H3,(H,20,25)/t12-/m0/s1. The van der Waals surface area contributed by atoms with Crippen molar-refractivity contribution in [3.8, 4) is 10.7 Å². The van der Waals surface area contributed by atoms with Crippen molar-refractivity contribution in [2.24, 2.45) is 7.05 Å². The van der Waals surface area contributed by atoms with E-state index in [0.29, 0.717) is 23.1 Å². The molecule has 0 saturated heterocycles. The van der Waals surface area contributed by atoms with Gasteiger partial charge in [-0.15, -0.1) is 11.3 Å². The number of rotatable bonds is 7. The van der Waals surface area contributed by atoms with Crippen LogP contribution in [0.15, 0.2) is 22.0 Å². The quantitative estimate of drug-likeness (QED) is 0.604. The van der Waals surface area contributed by atoms with Gasteiger partial charge in [0.1, 0.15) is 0 Å². The summed E-state index contributed by atoms with van der Waals surface area (Å²) in [7, 11) is 1.79. The molecule has 3 rings (SSSR count). The molecule has 1 N–H and O–H groups in total. The van der Waals surface area contributed by atoms with E-state index in [1.54, 1.807) is 18.7 Å². The summed E-state index contributed by atoms with van der Waals surface area (Å²) in [5.74, 6) is -0.0872. The molecule has 3 aromatic rings. The third-order valence-electron chi connectivity index (χ3n) is 4.19. The number of amides is 1. The number of anilines is 1. The van der Waals surface area contributed by atoms with Crippen LogP contribution in [-0.2, 0) is 27.8 Å². The molecule has 1 amide bonds. The van der Waals surface area contributed by atoms with E-state index in [4.69, 9.17) is 9.26 Å². The van der Waals surface area contributed by atoms with Crippen molar-refractivity contribution in [1.29, 1.82) is 0 Å². The fourth-order valence-electron chi connectivity index (χ4n) is 2.56. The Hall–Kier alpha value is -3.01. The van der Waals surface area contributed by atoms with Gasteiger partial charge in [0.05, 0.1) is 28.4 Å². The fraction of sp³-hybridized carbons (Fsp3) is 0.389. The minimum atomic E-state index is -0.934. The Balaban J connectivity index is 1.49. The highest BCUT2D eigenvalue weighted by Gasteiger charge is 2.21.